The van der Waals surface area contributed by atoms with Crippen molar-refractivity contribution in [2.75, 3.05) is 0 Å². The van der Waals surface area contributed by atoms with Crippen molar-refractivity contribution in [2.24, 2.45) is 0 Å². The second-order valence-corrected chi connectivity index (χ2v) is 8.23. The van der Waals surface area contributed by atoms with Crippen LogP contribution in [0.3, 0.4) is 0 Å². The normalized spacial score (nSPS) is 11.9. The van der Waals surface area contributed by atoms with Gasteiger partial charge in [-0.1, -0.05) is 60.3 Å². The molecule has 2 aromatic heterocycles. The van der Waals surface area contributed by atoms with Crippen molar-refractivity contribution in [3.63, 3.8) is 0 Å². The first-order valence-electron chi connectivity index (χ1n) is 10.2. The molecule has 0 fully saturated rings. The van der Waals surface area contributed by atoms with E-state index in [1.165, 1.54) is 17.8 Å². The summed E-state index contributed by atoms with van der Waals surface area (Å²) in [4.78, 5) is 17.8. The van der Waals surface area contributed by atoms with Crippen molar-refractivity contribution in [3.05, 3.63) is 87.8 Å². The standard InChI is InChI=1S/C23H21F3N4OS/c1-2-29-14-19-20(28-29)21(31)30(12-11-16-7-4-3-5-8-16)22(27-19)32-15-17-9-6-10-18(13-17)23(24,25)26/h3-10,13-14H,2,11-12,15H2,1H3. The first-order valence-corrected chi connectivity index (χ1v) is 11.1. The van der Waals surface area contributed by atoms with E-state index in [1.54, 1.807) is 21.5 Å². The number of aromatic nitrogens is 4. The van der Waals surface area contributed by atoms with Crippen LogP contribution in [0.4, 0.5) is 13.2 Å². The van der Waals surface area contributed by atoms with Gasteiger partial charge in [-0.2, -0.15) is 18.3 Å². The third-order valence-corrected chi connectivity index (χ3v) is 6.10. The third-order valence-electron chi connectivity index (χ3n) is 5.05. The number of hydrogen-bond acceptors (Lipinski definition) is 4. The Morgan fingerprint density at radius 1 is 1.03 bits per heavy atom. The molecule has 0 saturated heterocycles. The minimum Gasteiger partial charge on any atom is -0.285 e. The molecule has 9 heteroatoms. The number of fused-ring (bicyclic) bond motifs is 1. The second kappa shape index (κ2) is 9.20. The van der Waals surface area contributed by atoms with Gasteiger partial charge in [0.1, 0.15) is 5.52 Å². The van der Waals surface area contributed by atoms with Gasteiger partial charge in [-0.3, -0.25) is 14.0 Å². The molecule has 4 rings (SSSR count). The number of hydrogen-bond donors (Lipinski definition) is 0. The Kier molecular flexibility index (Phi) is 6.36. The van der Waals surface area contributed by atoms with E-state index in [0.29, 0.717) is 41.3 Å². The number of halogens is 3. The Bertz CT molecular complexity index is 1280. The molecule has 0 aliphatic carbocycles. The summed E-state index contributed by atoms with van der Waals surface area (Å²) in [5, 5.41) is 4.80. The van der Waals surface area contributed by atoms with Gasteiger partial charge in [-0.25, -0.2) is 4.98 Å². The Hall–Kier alpha value is -3.07. The lowest BCUT2D eigenvalue weighted by molar-refractivity contribution is -0.137. The Balaban J connectivity index is 1.66. The van der Waals surface area contributed by atoms with Crippen molar-refractivity contribution in [3.8, 4) is 0 Å². The molecule has 0 saturated carbocycles. The molecule has 0 amide bonds. The molecule has 166 valence electrons. The minimum atomic E-state index is -4.40. The quantitative estimate of drug-likeness (QED) is 0.283. The summed E-state index contributed by atoms with van der Waals surface area (Å²) >= 11 is 1.25. The Morgan fingerprint density at radius 2 is 1.78 bits per heavy atom. The van der Waals surface area contributed by atoms with Crippen LogP contribution in [0.15, 0.2) is 70.7 Å². The molecule has 0 unspecified atom stereocenters. The van der Waals surface area contributed by atoms with Crippen LogP contribution >= 0.6 is 11.8 Å². The van der Waals surface area contributed by atoms with E-state index in [0.717, 1.165) is 17.7 Å². The maximum Gasteiger partial charge on any atom is 0.416 e. The zero-order valence-electron chi connectivity index (χ0n) is 17.3. The smallest absolute Gasteiger partial charge is 0.285 e. The van der Waals surface area contributed by atoms with E-state index in [1.807, 2.05) is 37.3 Å². The predicted octanol–water partition coefficient (Wildman–Crippen LogP) is 5.17. The fraction of sp³-hybridized carbons (Fsp3) is 0.261. The number of aryl methyl sites for hydroxylation is 2. The number of alkyl halides is 3. The minimum absolute atomic E-state index is 0.246. The van der Waals surface area contributed by atoms with Crippen LogP contribution < -0.4 is 5.56 Å². The molecule has 0 bridgehead atoms. The maximum absolute atomic E-state index is 13.2. The number of benzene rings is 2. The topological polar surface area (TPSA) is 52.7 Å². The van der Waals surface area contributed by atoms with Crippen molar-refractivity contribution >= 4 is 22.8 Å². The highest BCUT2D eigenvalue weighted by molar-refractivity contribution is 7.98. The molecule has 0 N–H and O–H groups in total. The molecular weight excluding hydrogens is 437 g/mol. The molecule has 2 aromatic carbocycles. The van der Waals surface area contributed by atoms with E-state index in [2.05, 4.69) is 10.1 Å². The summed E-state index contributed by atoms with van der Waals surface area (Å²) in [7, 11) is 0. The zero-order valence-corrected chi connectivity index (χ0v) is 18.2. The van der Waals surface area contributed by atoms with Gasteiger partial charge in [-0.05, 0) is 30.5 Å². The average molecular weight is 459 g/mol. The largest absolute Gasteiger partial charge is 0.416 e. The highest BCUT2D eigenvalue weighted by Gasteiger charge is 2.30. The second-order valence-electron chi connectivity index (χ2n) is 7.29. The van der Waals surface area contributed by atoms with Crippen LogP contribution in [-0.4, -0.2) is 19.3 Å². The highest BCUT2D eigenvalue weighted by atomic mass is 32.2. The molecule has 5 nitrogen and oxygen atoms in total. The summed E-state index contributed by atoms with van der Waals surface area (Å²) in [6, 6.07) is 15.0. The third kappa shape index (κ3) is 4.88. The van der Waals surface area contributed by atoms with Gasteiger partial charge < -0.3 is 0 Å². The molecule has 2 heterocycles. The Labute approximate surface area is 186 Å². The first kappa shape index (κ1) is 22.1. The maximum atomic E-state index is 13.2. The van der Waals surface area contributed by atoms with Crippen molar-refractivity contribution in [2.45, 2.75) is 43.5 Å². The lowest BCUT2D eigenvalue weighted by Gasteiger charge is -2.12. The average Bonchev–Trinajstić information content (AvgIpc) is 3.21. The monoisotopic (exact) mass is 458 g/mol. The molecule has 0 aliphatic heterocycles. The molecule has 32 heavy (non-hydrogen) atoms. The number of nitrogens with zero attached hydrogens (tertiary/aromatic N) is 4. The summed E-state index contributed by atoms with van der Waals surface area (Å²) in [5.74, 6) is 0.259. The molecule has 0 radical (unpaired) electrons. The summed E-state index contributed by atoms with van der Waals surface area (Å²) in [5.41, 5.74) is 1.43. The van der Waals surface area contributed by atoms with Crippen molar-refractivity contribution in [1.82, 2.24) is 19.3 Å². The van der Waals surface area contributed by atoms with Crippen LogP contribution in [0.25, 0.3) is 11.0 Å². The van der Waals surface area contributed by atoms with Crippen LogP contribution in [0, 0.1) is 0 Å². The van der Waals surface area contributed by atoms with E-state index in [9.17, 15) is 18.0 Å². The predicted molar refractivity (Wildman–Crippen MR) is 119 cm³/mol. The van der Waals surface area contributed by atoms with Gasteiger partial charge >= 0.3 is 6.18 Å². The molecule has 0 aliphatic rings. The zero-order chi connectivity index (χ0) is 22.7. The first-order chi connectivity index (χ1) is 15.3. The fourth-order valence-electron chi connectivity index (χ4n) is 3.36. The Morgan fingerprint density at radius 3 is 2.50 bits per heavy atom. The van der Waals surface area contributed by atoms with Crippen LogP contribution in [0.2, 0.25) is 0 Å². The van der Waals surface area contributed by atoms with Gasteiger partial charge in [0.25, 0.3) is 5.56 Å². The van der Waals surface area contributed by atoms with E-state index in [-0.39, 0.29) is 11.3 Å². The highest BCUT2D eigenvalue weighted by Crippen LogP contribution is 2.31. The lowest BCUT2D eigenvalue weighted by Crippen LogP contribution is -2.24. The number of rotatable bonds is 7. The SMILES string of the molecule is CCn1cc2nc(SCc3cccc(C(F)(F)F)c3)n(CCc3ccccc3)c(=O)c2n1. The summed E-state index contributed by atoms with van der Waals surface area (Å²) < 4.78 is 42.4. The lowest BCUT2D eigenvalue weighted by atomic mass is 10.1. The number of thioether (sulfide) groups is 1. The van der Waals surface area contributed by atoms with E-state index < -0.39 is 11.7 Å². The molecule has 4 aromatic rings. The molecule has 0 atom stereocenters. The van der Waals surface area contributed by atoms with Gasteiger partial charge in [0.15, 0.2) is 10.7 Å². The van der Waals surface area contributed by atoms with Gasteiger partial charge in [0, 0.05) is 18.8 Å². The molecule has 0 spiro atoms. The van der Waals surface area contributed by atoms with E-state index >= 15 is 0 Å². The van der Waals surface area contributed by atoms with Crippen molar-refractivity contribution in [1.29, 1.82) is 0 Å². The van der Waals surface area contributed by atoms with Gasteiger partial charge in [0.2, 0.25) is 0 Å². The van der Waals surface area contributed by atoms with Crippen molar-refractivity contribution < 1.29 is 13.2 Å². The van der Waals surface area contributed by atoms with Crippen LogP contribution in [0.1, 0.15) is 23.6 Å². The van der Waals surface area contributed by atoms with Gasteiger partial charge in [-0.15, -0.1) is 0 Å². The fourth-order valence-corrected chi connectivity index (χ4v) is 4.33. The van der Waals surface area contributed by atoms with Gasteiger partial charge in [0.05, 0.1) is 11.8 Å². The summed E-state index contributed by atoms with van der Waals surface area (Å²) in [6.07, 6.45) is -2.06. The van der Waals surface area contributed by atoms with Crippen LogP contribution in [-0.2, 0) is 31.4 Å². The van der Waals surface area contributed by atoms with Crippen LogP contribution in [0.5, 0.6) is 0 Å². The van der Waals surface area contributed by atoms with E-state index in [4.69, 9.17) is 0 Å². The molecular formula is C23H21F3N4OS. The summed E-state index contributed by atoms with van der Waals surface area (Å²) in [6.45, 7) is 2.92.